The fraction of sp³-hybridized carbons (Fsp3) is 0.0714. The Bertz CT molecular complexity index is 1940. The van der Waals surface area contributed by atoms with Crippen LogP contribution in [-0.2, 0) is 10.0 Å². The molecule has 0 saturated heterocycles. The van der Waals surface area contributed by atoms with Gasteiger partial charge in [-0.25, -0.2) is 8.42 Å². The third kappa shape index (κ3) is 3.22. The largest absolute Gasteiger partial charge is 0.507 e. The highest BCUT2D eigenvalue weighted by Crippen LogP contribution is 2.45. The number of aromatic nitrogens is 1. The number of aromatic hydroxyl groups is 2. The van der Waals surface area contributed by atoms with Crippen LogP contribution in [0.1, 0.15) is 0 Å². The molecule has 0 aliphatic rings. The molecule has 5 aromatic carbocycles. The van der Waals surface area contributed by atoms with Crippen LogP contribution in [0.2, 0.25) is 0 Å². The summed E-state index contributed by atoms with van der Waals surface area (Å²) in [7, 11) is -0.0956. The van der Waals surface area contributed by atoms with Crippen molar-refractivity contribution in [2.75, 3.05) is 23.7 Å². The summed E-state index contributed by atoms with van der Waals surface area (Å²) in [6, 6.07) is 22.9. The zero-order chi connectivity index (χ0) is 25.2. The van der Waals surface area contributed by atoms with E-state index in [0.29, 0.717) is 43.7 Å². The number of H-pyrrole nitrogens is 1. The van der Waals surface area contributed by atoms with E-state index in [1.165, 1.54) is 0 Å². The SMILES string of the molecule is CN(C)c1cccc2c(S(=O)(=O)Nc3ccc4[nH]c5c(O)c6ccccc6c(O)c5c4c3)cccc12. The predicted molar refractivity (Wildman–Crippen MR) is 146 cm³/mol. The van der Waals surface area contributed by atoms with Crippen molar-refractivity contribution in [1.82, 2.24) is 4.98 Å². The number of fused-ring (bicyclic) bond motifs is 5. The Kier molecular flexibility index (Phi) is 4.77. The summed E-state index contributed by atoms with van der Waals surface area (Å²) >= 11 is 0. The fourth-order valence-electron chi connectivity index (χ4n) is 4.94. The molecule has 0 atom stereocenters. The Morgan fingerprint density at radius 1 is 0.750 bits per heavy atom. The quantitative estimate of drug-likeness (QED) is 0.227. The normalized spacial score (nSPS) is 12.1. The number of rotatable bonds is 4. The molecule has 6 rings (SSSR count). The number of aromatic amines is 1. The highest BCUT2D eigenvalue weighted by Gasteiger charge is 2.21. The van der Waals surface area contributed by atoms with Crippen molar-refractivity contribution in [3.8, 4) is 11.5 Å². The van der Waals surface area contributed by atoms with E-state index in [2.05, 4.69) is 9.71 Å². The molecule has 7 nitrogen and oxygen atoms in total. The monoisotopic (exact) mass is 497 g/mol. The molecule has 0 bridgehead atoms. The molecule has 0 unspecified atom stereocenters. The molecule has 0 aliphatic heterocycles. The van der Waals surface area contributed by atoms with Crippen molar-refractivity contribution < 1.29 is 18.6 Å². The maximum absolute atomic E-state index is 13.5. The van der Waals surface area contributed by atoms with Crippen molar-refractivity contribution >= 4 is 64.7 Å². The summed E-state index contributed by atoms with van der Waals surface area (Å²) in [4.78, 5) is 5.27. The van der Waals surface area contributed by atoms with Gasteiger partial charge in [-0.2, -0.15) is 0 Å². The molecular formula is C28H23N3O4S. The maximum Gasteiger partial charge on any atom is 0.262 e. The molecule has 0 aliphatic carbocycles. The number of nitrogens with zero attached hydrogens (tertiary/aromatic N) is 1. The first-order valence-corrected chi connectivity index (χ1v) is 12.8. The van der Waals surface area contributed by atoms with E-state index >= 15 is 0 Å². The third-order valence-electron chi connectivity index (χ3n) is 6.59. The van der Waals surface area contributed by atoms with E-state index in [0.717, 1.165) is 11.1 Å². The number of phenols is 2. The summed E-state index contributed by atoms with van der Waals surface area (Å²) in [5.41, 5.74) is 2.32. The van der Waals surface area contributed by atoms with Gasteiger partial charge in [-0.05, 0) is 30.3 Å². The van der Waals surface area contributed by atoms with E-state index in [1.54, 1.807) is 60.7 Å². The summed E-state index contributed by atoms with van der Waals surface area (Å²) in [6.45, 7) is 0. The first kappa shape index (κ1) is 22.1. The van der Waals surface area contributed by atoms with E-state index in [1.807, 2.05) is 37.2 Å². The predicted octanol–water partition coefficient (Wildman–Crippen LogP) is 5.91. The van der Waals surface area contributed by atoms with Crippen LogP contribution in [0.25, 0.3) is 43.4 Å². The van der Waals surface area contributed by atoms with Gasteiger partial charge >= 0.3 is 0 Å². The van der Waals surface area contributed by atoms with Crippen LogP contribution in [0, 0.1) is 0 Å². The maximum atomic E-state index is 13.5. The molecule has 0 radical (unpaired) electrons. The summed E-state index contributed by atoms with van der Waals surface area (Å²) in [6.07, 6.45) is 0. The molecule has 180 valence electrons. The highest BCUT2D eigenvalue weighted by molar-refractivity contribution is 7.93. The minimum atomic E-state index is -3.93. The lowest BCUT2D eigenvalue weighted by Gasteiger charge is -2.17. The smallest absolute Gasteiger partial charge is 0.262 e. The molecule has 0 spiro atoms. The topological polar surface area (TPSA) is 106 Å². The standard InChI is InChI=1S/C28H23N3O4S/c1-31(2)23-11-5-10-18-17(23)9-6-12-24(18)36(34,35)30-16-13-14-22-21(15-16)25-26(29-22)28(33)20-8-4-3-7-19(20)27(25)32/h3-15,29-30,32-33H,1-2H3. The Labute approximate surface area is 207 Å². The molecule has 6 aromatic rings. The lowest BCUT2D eigenvalue weighted by molar-refractivity contribution is 0.478. The Balaban J connectivity index is 1.50. The first-order valence-electron chi connectivity index (χ1n) is 11.4. The number of sulfonamides is 1. The first-order chi connectivity index (χ1) is 17.3. The summed E-state index contributed by atoms with van der Waals surface area (Å²) in [5.74, 6) is 0.0547. The van der Waals surface area contributed by atoms with Gasteiger partial charge in [0, 0.05) is 57.9 Å². The molecular weight excluding hydrogens is 474 g/mol. The van der Waals surface area contributed by atoms with Crippen molar-refractivity contribution in [3.05, 3.63) is 78.9 Å². The van der Waals surface area contributed by atoms with Crippen LogP contribution in [0.15, 0.2) is 83.8 Å². The Hall–Kier alpha value is -4.43. The van der Waals surface area contributed by atoms with Gasteiger partial charge in [0.1, 0.15) is 11.5 Å². The lowest BCUT2D eigenvalue weighted by atomic mass is 10.0. The van der Waals surface area contributed by atoms with Crippen LogP contribution in [0.3, 0.4) is 0 Å². The second kappa shape index (κ2) is 7.79. The van der Waals surface area contributed by atoms with Gasteiger partial charge in [-0.15, -0.1) is 0 Å². The van der Waals surface area contributed by atoms with Gasteiger partial charge in [0.05, 0.1) is 15.8 Å². The van der Waals surface area contributed by atoms with Crippen molar-refractivity contribution in [2.24, 2.45) is 0 Å². The van der Waals surface area contributed by atoms with Gasteiger partial charge in [-0.1, -0.05) is 48.5 Å². The molecule has 0 fully saturated rings. The van der Waals surface area contributed by atoms with Gasteiger partial charge in [-0.3, -0.25) is 4.72 Å². The molecule has 8 heteroatoms. The second-order valence-corrected chi connectivity index (χ2v) is 10.7. The third-order valence-corrected chi connectivity index (χ3v) is 8.03. The number of anilines is 2. The fourth-order valence-corrected chi connectivity index (χ4v) is 6.22. The Morgan fingerprint density at radius 3 is 2.17 bits per heavy atom. The number of nitrogens with one attached hydrogen (secondary N) is 2. The van der Waals surface area contributed by atoms with Gasteiger partial charge in [0.2, 0.25) is 0 Å². The zero-order valence-corrected chi connectivity index (χ0v) is 20.4. The average molecular weight is 498 g/mol. The van der Waals surface area contributed by atoms with Crippen LogP contribution < -0.4 is 9.62 Å². The summed E-state index contributed by atoms with van der Waals surface area (Å²) < 4.78 is 29.7. The summed E-state index contributed by atoms with van der Waals surface area (Å²) in [5, 5.41) is 25.4. The van der Waals surface area contributed by atoms with E-state index in [9.17, 15) is 18.6 Å². The van der Waals surface area contributed by atoms with Crippen LogP contribution in [0.5, 0.6) is 11.5 Å². The number of hydrogen-bond donors (Lipinski definition) is 4. The van der Waals surface area contributed by atoms with E-state index in [-0.39, 0.29) is 16.4 Å². The van der Waals surface area contributed by atoms with Gasteiger partial charge < -0.3 is 20.1 Å². The minimum absolute atomic E-state index is 0.0231. The molecule has 36 heavy (non-hydrogen) atoms. The van der Waals surface area contributed by atoms with E-state index < -0.39 is 10.0 Å². The van der Waals surface area contributed by atoms with Gasteiger partial charge in [0.25, 0.3) is 10.0 Å². The van der Waals surface area contributed by atoms with Crippen molar-refractivity contribution in [3.63, 3.8) is 0 Å². The number of phenolic OH excluding ortho intramolecular Hbond substituents is 2. The number of hydrogen-bond acceptors (Lipinski definition) is 5. The molecule has 0 saturated carbocycles. The highest BCUT2D eigenvalue weighted by atomic mass is 32.2. The Morgan fingerprint density at radius 2 is 1.42 bits per heavy atom. The molecule has 4 N–H and O–H groups in total. The van der Waals surface area contributed by atoms with Gasteiger partial charge in [0.15, 0.2) is 0 Å². The molecule has 1 heterocycles. The van der Waals surface area contributed by atoms with Crippen LogP contribution in [-0.4, -0.2) is 37.7 Å². The lowest BCUT2D eigenvalue weighted by Crippen LogP contribution is -2.14. The minimum Gasteiger partial charge on any atom is -0.507 e. The average Bonchev–Trinajstić information content (AvgIpc) is 3.25. The van der Waals surface area contributed by atoms with Crippen molar-refractivity contribution in [2.45, 2.75) is 4.90 Å². The number of benzene rings is 5. The van der Waals surface area contributed by atoms with Crippen molar-refractivity contribution in [1.29, 1.82) is 0 Å². The zero-order valence-electron chi connectivity index (χ0n) is 19.6. The van der Waals surface area contributed by atoms with Crippen LogP contribution >= 0.6 is 0 Å². The second-order valence-electron chi connectivity index (χ2n) is 9.01. The van der Waals surface area contributed by atoms with E-state index in [4.69, 9.17) is 0 Å². The molecule has 0 amide bonds. The molecule has 1 aromatic heterocycles. The van der Waals surface area contributed by atoms with Crippen LogP contribution in [0.4, 0.5) is 11.4 Å².